The molecule has 0 saturated heterocycles. The molecule has 21 heavy (non-hydrogen) atoms. The molecule has 0 radical (unpaired) electrons. The molecule has 0 amide bonds. The van der Waals surface area contributed by atoms with Crippen molar-refractivity contribution in [1.29, 1.82) is 0 Å². The lowest BCUT2D eigenvalue weighted by Gasteiger charge is -2.23. The maximum Gasteiger partial charge on any atom is 0.186 e. The fourth-order valence-corrected chi connectivity index (χ4v) is 2.42. The van der Waals surface area contributed by atoms with Crippen LogP contribution in [0.2, 0.25) is 0 Å². The summed E-state index contributed by atoms with van der Waals surface area (Å²) >= 11 is 6.83. The molecule has 0 heterocycles. The lowest BCUT2D eigenvalue weighted by molar-refractivity contribution is -0.237. The normalized spacial score (nSPS) is 13.9. The van der Waals surface area contributed by atoms with Crippen molar-refractivity contribution in [2.75, 3.05) is 14.2 Å². The zero-order valence-corrected chi connectivity index (χ0v) is 14.9. The molecular weight excluding hydrogens is 400 g/mol. The Morgan fingerprint density at radius 2 is 1.00 bits per heavy atom. The Hall–Kier alpha value is -0.720. The van der Waals surface area contributed by atoms with Crippen LogP contribution in [0.15, 0.2) is 57.5 Å². The first kappa shape index (κ1) is 16.6. The molecule has 5 heteroatoms. The van der Waals surface area contributed by atoms with Gasteiger partial charge >= 0.3 is 0 Å². The molecule has 0 spiro atoms. The average Bonchev–Trinajstić information content (AvgIpc) is 2.51. The molecule has 2 unspecified atom stereocenters. The van der Waals surface area contributed by atoms with Gasteiger partial charge in [-0.05, 0) is 24.3 Å². The van der Waals surface area contributed by atoms with Crippen LogP contribution in [0.3, 0.4) is 0 Å². The SMILES string of the molecule is COC(OC(OC)c1ccc(Br)cc1)c1ccc(Br)cc1. The fourth-order valence-electron chi connectivity index (χ4n) is 1.89. The molecule has 2 atom stereocenters. The summed E-state index contributed by atoms with van der Waals surface area (Å²) in [5.74, 6) is 0. The van der Waals surface area contributed by atoms with E-state index >= 15 is 0 Å². The van der Waals surface area contributed by atoms with Crippen LogP contribution < -0.4 is 0 Å². The summed E-state index contributed by atoms with van der Waals surface area (Å²) in [5, 5.41) is 0. The molecule has 0 N–H and O–H groups in total. The van der Waals surface area contributed by atoms with Gasteiger partial charge in [-0.15, -0.1) is 0 Å². The Morgan fingerprint density at radius 3 is 1.29 bits per heavy atom. The van der Waals surface area contributed by atoms with Crippen LogP contribution >= 0.6 is 31.9 Å². The molecule has 0 aliphatic carbocycles. The van der Waals surface area contributed by atoms with E-state index in [0.29, 0.717) is 0 Å². The van der Waals surface area contributed by atoms with E-state index in [1.165, 1.54) is 0 Å². The van der Waals surface area contributed by atoms with Crippen molar-refractivity contribution < 1.29 is 14.2 Å². The summed E-state index contributed by atoms with van der Waals surface area (Å²) < 4.78 is 18.8. The Morgan fingerprint density at radius 1 is 0.667 bits per heavy atom. The predicted octanol–water partition coefficient (Wildman–Crippen LogP) is 5.22. The predicted molar refractivity (Wildman–Crippen MR) is 88.9 cm³/mol. The lowest BCUT2D eigenvalue weighted by atomic mass is 10.2. The quantitative estimate of drug-likeness (QED) is 0.605. The van der Waals surface area contributed by atoms with Gasteiger partial charge in [-0.3, -0.25) is 0 Å². The maximum absolute atomic E-state index is 5.93. The first-order valence-corrected chi connectivity index (χ1v) is 7.94. The van der Waals surface area contributed by atoms with Gasteiger partial charge in [0, 0.05) is 34.3 Å². The smallest absolute Gasteiger partial charge is 0.186 e. The van der Waals surface area contributed by atoms with E-state index in [-0.39, 0.29) is 0 Å². The van der Waals surface area contributed by atoms with Crippen molar-refractivity contribution in [2.45, 2.75) is 12.6 Å². The first-order chi connectivity index (χ1) is 10.1. The summed E-state index contributed by atoms with van der Waals surface area (Å²) in [7, 11) is 3.22. The van der Waals surface area contributed by atoms with Gasteiger partial charge in [0.25, 0.3) is 0 Å². The van der Waals surface area contributed by atoms with Crippen molar-refractivity contribution in [3.63, 3.8) is 0 Å². The third-order valence-corrected chi connectivity index (χ3v) is 4.02. The van der Waals surface area contributed by atoms with Gasteiger partial charge in [0.15, 0.2) is 12.6 Å². The average molecular weight is 416 g/mol. The van der Waals surface area contributed by atoms with E-state index in [9.17, 15) is 0 Å². The molecular formula is C16H16Br2O3. The van der Waals surface area contributed by atoms with Gasteiger partial charge in [-0.2, -0.15) is 0 Å². The van der Waals surface area contributed by atoms with Crippen LogP contribution in [0.1, 0.15) is 23.7 Å². The zero-order valence-electron chi connectivity index (χ0n) is 11.8. The minimum atomic E-state index is -0.494. The van der Waals surface area contributed by atoms with E-state index in [0.717, 1.165) is 20.1 Å². The van der Waals surface area contributed by atoms with E-state index in [1.807, 2.05) is 48.5 Å². The Balaban J connectivity index is 2.15. The second-order valence-electron chi connectivity index (χ2n) is 4.37. The van der Waals surface area contributed by atoms with Crippen molar-refractivity contribution in [3.05, 3.63) is 68.6 Å². The minimum absolute atomic E-state index is 0.494. The van der Waals surface area contributed by atoms with Crippen LogP contribution in [0.4, 0.5) is 0 Å². The second-order valence-corrected chi connectivity index (χ2v) is 6.21. The van der Waals surface area contributed by atoms with Crippen LogP contribution in [0.25, 0.3) is 0 Å². The number of benzene rings is 2. The van der Waals surface area contributed by atoms with Gasteiger partial charge in [0.2, 0.25) is 0 Å². The maximum atomic E-state index is 5.93. The molecule has 0 bridgehead atoms. The highest BCUT2D eigenvalue weighted by molar-refractivity contribution is 9.10. The number of ether oxygens (including phenoxy) is 3. The number of hydrogen-bond donors (Lipinski definition) is 0. The zero-order chi connectivity index (χ0) is 15.2. The fraction of sp³-hybridized carbons (Fsp3) is 0.250. The number of rotatable bonds is 6. The molecule has 0 aromatic heterocycles. The Kier molecular flexibility index (Phi) is 6.39. The standard InChI is InChI=1S/C16H16Br2O3/c1-19-15(11-3-7-13(17)8-4-11)21-16(20-2)12-5-9-14(18)10-6-12/h3-10,15-16H,1-2H3. The summed E-state index contributed by atoms with van der Waals surface area (Å²) in [6.07, 6.45) is -0.988. The number of methoxy groups -OCH3 is 2. The van der Waals surface area contributed by atoms with Crippen LogP contribution in [0, 0.1) is 0 Å². The Labute approximate surface area is 141 Å². The molecule has 2 rings (SSSR count). The molecule has 0 aliphatic heterocycles. The number of halogens is 2. The third kappa shape index (κ3) is 4.63. The number of hydrogen-bond acceptors (Lipinski definition) is 3. The highest BCUT2D eigenvalue weighted by atomic mass is 79.9. The topological polar surface area (TPSA) is 27.7 Å². The molecule has 3 nitrogen and oxygen atoms in total. The van der Waals surface area contributed by atoms with Gasteiger partial charge in [-0.1, -0.05) is 56.1 Å². The summed E-state index contributed by atoms with van der Waals surface area (Å²) in [4.78, 5) is 0. The van der Waals surface area contributed by atoms with Crippen LogP contribution in [0.5, 0.6) is 0 Å². The van der Waals surface area contributed by atoms with Crippen molar-refractivity contribution in [3.8, 4) is 0 Å². The van der Waals surface area contributed by atoms with E-state index in [4.69, 9.17) is 14.2 Å². The summed E-state index contributed by atoms with van der Waals surface area (Å²) in [5.41, 5.74) is 1.86. The molecule has 2 aromatic rings. The second kappa shape index (κ2) is 8.06. The van der Waals surface area contributed by atoms with Gasteiger partial charge in [0.05, 0.1) is 0 Å². The Bertz CT molecular complexity index is 503. The molecule has 0 fully saturated rings. The minimum Gasteiger partial charge on any atom is -0.352 e. The molecule has 2 aromatic carbocycles. The largest absolute Gasteiger partial charge is 0.352 e. The van der Waals surface area contributed by atoms with E-state index < -0.39 is 12.6 Å². The van der Waals surface area contributed by atoms with Gasteiger partial charge in [-0.25, -0.2) is 0 Å². The van der Waals surface area contributed by atoms with Gasteiger partial charge in [0.1, 0.15) is 0 Å². The monoisotopic (exact) mass is 414 g/mol. The van der Waals surface area contributed by atoms with Gasteiger partial charge < -0.3 is 14.2 Å². The molecule has 0 saturated carbocycles. The van der Waals surface area contributed by atoms with Crippen LogP contribution in [-0.4, -0.2) is 14.2 Å². The van der Waals surface area contributed by atoms with Crippen molar-refractivity contribution in [2.24, 2.45) is 0 Å². The van der Waals surface area contributed by atoms with E-state index in [2.05, 4.69) is 31.9 Å². The van der Waals surface area contributed by atoms with Crippen LogP contribution in [-0.2, 0) is 14.2 Å². The summed E-state index contributed by atoms with van der Waals surface area (Å²) in [6.45, 7) is 0. The molecule has 0 aliphatic rings. The van der Waals surface area contributed by atoms with Crippen molar-refractivity contribution in [1.82, 2.24) is 0 Å². The summed E-state index contributed by atoms with van der Waals surface area (Å²) in [6, 6.07) is 15.6. The van der Waals surface area contributed by atoms with Crippen molar-refractivity contribution >= 4 is 31.9 Å². The first-order valence-electron chi connectivity index (χ1n) is 6.36. The highest BCUT2D eigenvalue weighted by Gasteiger charge is 2.19. The lowest BCUT2D eigenvalue weighted by Crippen LogP contribution is -2.13. The highest BCUT2D eigenvalue weighted by Crippen LogP contribution is 2.29. The molecule has 112 valence electrons. The van der Waals surface area contributed by atoms with E-state index in [1.54, 1.807) is 14.2 Å². The third-order valence-electron chi connectivity index (χ3n) is 2.96.